The van der Waals surface area contributed by atoms with Crippen molar-refractivity contribution in [3.05, 3.63) is 58.6 Å². The molecule has 4 nitrogen and oxygen atoms in total. The first-order chi connectivity index (χ1) is 12.6. The molecule has 0 saturated heterocycles. The fourth-order valence-electron chi connectivity index (χ4n) is 4.46. The van der Waals surface area contributed by atoms with Crippen LogP contribution >= 0.6 is 11.6 Å². The van der Waals surface area contributed by atoms with E-state index in [9.17, 15) is 9.90 Å². The molecule has 2 aliphatic rings. The number of methoxy groups -OCH3 is 1. The van der Waals surface area contributed by atoms with Gasteiger partial charge in [0, 0.05) is 29.2 Å². The van der Waals surface area contributed by atoms with Crippen molar-refractivity contribution in [1.82, 2.24) is 0 Å². The lowest BCUT2D eigenvalue weighted by Gasteiger charge is -2.36. The van der Waals surface area contributed by atoms with Crippen LogP contribution in [0.25, 0.3) is 0 Å². The summed E-state index contributed by atoms with van der Waals surface area (Å²) in [5, 5.41) is 10.2. The number of aliphatic carboxylic acids is 1. The number of carbonyl (C=O) groups is 1. The minimum atomic E-state index is -0.677. The molecule has 136 valence electrons. The molecule has 1 aliphatic heterocycles. The lowest BCUT2D eigenvalue weighted by atomic mass is 9.77. The summed E-state index contributed by atoms with van der Waals surface area (Å²) in [6.45, 7) is 0.754. The number of halogens is 1. The van der Waals surface area contributed by atoms with Gasteiger partial charge in [-0.15, -0.1) is 0 Å². The first-order valence-electron chi connectivity index (χ1n) is 8.98. The van der Waals surface area contributed by atoms with Crippen LogP contribution in [0.1, 0.15) is 36.3 Å². The normalized spacial score (nSPS) is 24.1. The van der Waals surface area contributed by atoms with Crippen LogP contribution in [0.2, 0.25) is 5.02 Å². The Bertz CT molecular complexity index is 821. The SMILES string of the molecule is COc1ccc2c(c1)C1CCC(C(=O)O)CC1N2Cc1ccc(Cl)cc1. The van der Waals surface area contributed by atoms with Gasteiger partial charge in [-0.1, -0.05) is 23.7 Å². The molecule has 0 amide bonds. The highest BCUT2D eigenvalue weighted by atomic mass is 35.5. The predicted molar refractivity (Wildman–Crippen MR) is 102 cm³/mol. The van der Waals surface area contributed by atoms with Gasteiger partial charge >= 0.3 is 5.97 Å². The number of rotatable bonds is 4. The standard InChI is InChI=1S/C21H22ClNO3/c1-26-16-7-9-19-18(11-16)17-8-4-14(21(24)25)10-20(17)23(19)12-13-2-5-15(22)6-3-13/h2-3,5-7,9,11,14,17,20H,4,8,10,12H2,1H3,(H,24,25). The molecular formula is C21H22ClNO3. The van der Waals surface area contributed by atoms with E-state index in [1.54, 1.807) is 7.11 Å². The molecule has 0 aromatic heterocycles. The fraction of sp³-hybridized carbons (Fsp3) is 0.381. The van der Waals surface area contributed by atoms with E-state index in [0.29, 0.717) is 12.3 Å². The molecule has 1 fully saturated rings. The molecule has 1 heterocycles. The van der Waals surface area contributed by atoms with Gasteiger partial charge in [-0.2, -0.15) is 0 Å². The third-order valence-electron chi connectivity index (χ3n) is 5.78. The lowest BCUT2D eigenvalue weighted by molar-refractivity contribution is -0.143. The molecule has 3 atom stereocenters. The van der Waals surface area contributed by atoms with E-state index in [1.807, 2.05) is 30.3 Å². The molecular weight excluding hydrogens is 350 g/mol. The van der Waals surface area contributed by atoms with Crippen LogP contribution in [0.5, 0.6) is 5.75 Å². The number of hydrogen-bond donors (Lipinski definition) is 1. The predicted octanol–water partition coefficient (Wildman–Crippen LogP) is 4.71. The van der Waals surface area contributed by atoms with Gasteiger partial charge in [-0.3, -0.25) is 4.79 Å². The van der Waals surface area contributed by atoms with Gasteiger partial charge in [0.2, 0.25) is 0 Å². The largest absolute Gasteiger partial charge is 0.497 e. The second-order valence-corrected chi connectivity index (χ2v) is 7.64. The molecule has 1 N–H and O–H groups in total. The maximum Gasteiger partial charge on any atom is 0.306 e. The van der Waals surface area contributed by atoms with Crippen LogP contribution in [0.4, 0.5) is 5.69 Å². The van der Waals surface area contributed by atoms with E-state index in [2.05, 4.69) is 17.0 Å². The Morgan fingerprint density at radius 2 is 2.00 bits per heavy atom. The molecule has 2 aromatic rings. The molecule has 0 spiro atoms. The van der Waals surface area contributed by atoms with Gasteiger partial charge in [0.05, 0.1) is 13.0 Å². The van der Waals surface area contributed by atoms with E-state index < -0.39 is 5.97 Å². The molecule has 4 rings (SSSR count). The maximum atomic E-state index is 11.6. The quantitative estimate of drug-likeness (QED) is 0.845. The Hall–Kier alpha value is -2.20. The Labute approximate surface area is 158 Å². The molecule has 0 radical (unpaired) electrons. The number of fused-ring (bicyclic) bond motifs is 3. The number of ether oxygens (including phenoxy) is 1. The van der Waals surface area contributed by atoms with Gasteiger partial charge < -0.3 is 14.7 Å². The lowest BCUT2D eigenvalue weighted by Crippen LogP contribution is -2.39. The summed E-state index contributed by atoms with van der Waals surface area (Å²) in [6.07, 6.45) is 2.32. The van der Waals surface area contributed by atoms with Crippen molar-refractivity contribution in [1.29, 1.82) is 0 Å². The van der Waals surface area contributed by atoms with Crippen LogP contribution in [-0.2, 0) is 11.3 Å². The van der Waals surface area contributed by atoms with Crippen molar-refractivity contribution in [2.75, 3.05) is 12.0 Å². The highest BCUT2D eigenvalue weighted by Gasteiger charge is 2.44. The number of carboxylic acid groups (broad SMARTS) is 1. The summed E-state index contributed by atoms with van der Waals surface area (Å²) >= 11 is 6.01. The summed E-state index contributed by atoms with van der Waals surface area (Å²) in [7, 11) is 1.68. The van der Waals surface area contributed by atoms with E-state index >= 15 is 0 Å². The number of benzene rings is 2. The third-order valence-corrected chi connectivity index (χ3v) is 6.03. The van der Waals surface area contributed by atoms with Gasteiger partial charge in [0.1, 0.15) is 5.75 Å². The van der Waals surface area contributed by atoms with Crippen molar-refractivity contribution >= 4 is 23.3 Å². The van der Waals surface area contributed by atoms with Crippen molar-refractivity contribution < 1.29 is 14.6 Å². The van der Waals surface area contributed by atoms with Crippen molar-refractivity contribution in [3.63, 3.8) is 0 Å². The zero-order valence-corrected chi connectivity index (χ0v) is 15.4. The van der Waals surface area contributed by atoms with Crippen LogP contribution < -0.4 is 9.64 Å². The number of anilines is 1. The Kier molecular flexibility index (Phi) is 4.53. The summed E-state index contributed by atoms with van der Waals surface area (Å²) < 4.78 is 5.42. The second kappa shape index (κ2) is 6.84. The van der Waals surface area contributed by atoms with E-state index in [1.165, 1.54) is 16.8 Å². The topological polar surface area (TPSA) is 49.8 Å². The second-order valence-electron chi connectivity index (χ2n) is 7.20. The third kappa shape index (κ3) is 3.03. The van der Waals surface area contributed by atoms with Gasteiger partial charge in [-0.25, -0.2) is 0 Å². The monoisotopic (exact) mass is 371 g/mol. The molecule has 0 bridgehead atoms. The minimum Gasteiger partial charge on any atom is -0.497 e. The zero-order chi connectivity index (χ0) is 18.3. The summed E-state index contributed by atoms with van der Waals surface area (Å²) in [6, 6.07) is 14.3. The summed E-state index contributed by atoms with van der Waals surface area (Å²) in [5.41, 5.74) is 3.66. The highest BCUT2D eigenvalue weighted by molar-refractivity contribution is 6.30. The Morgan fingerprint density at radius 3 is 2.69 bits per heavy atom. The van der Waals surface area contributed by atoms with Crippen molar-refractivity contribution in [2.24, 2.45) is 5.92 Å². The van der Waals surface area contributed by atoms with Crippen molar-refractivity contribution in [3.8, 4) is 5.75 Å². The number of hydrogen-bond acceptors (Lipinski definition) is 3. The summed E-state index contributed by atoms with van der Waals surface area (Å²) in [5.74, 6) is 0.280. The van der Waals surface area contributed by atoms with Crippen LogP contribution in [0.15, 0.2) is 42.5 Å². The van der Waals surface area contributed by atoms with Gasteiger partial charge in [-0.05, 0) is 60.7 Å². The first kappa shape index (κ1) is 17.2. The fourth-order valence-corrected chi connectivity index (χ4v) is 4.59. The molecule has 1 aliphatic carbocycles. The molecule has 5 heteroatoms. The van der Waals surface area contributed by atoms with Crippen LogP contribution in [0.3, 0.4) is 0 Å². The van der Waals surface area contributed by atoms with Crippen LogP contribution in [0, 0.1) is 5.92 Å². The van der Waals surface area contributed by atoms with Crippen molar-refractivity contribution in [2.45, 2.75) is 37.8 Å². The molecule has 2 aromatic carbocycles. The Balaban J connectivity index is 1.69. The highest BCUT2D eigenvalue weighted by Crippen LogP contribution is 2.50. The minimum absolute atomic E-state index is 0.211. The number of nitrogens with zero attached hydrogens (tertiary/aromatic N) is 1. The number of carboxylic acids is 1. The molecule has 1 saturated carbocycles. The zero-order valence-electron chi connectivity index (χ0n) is 14.7. The van der Waals surface area contributed by atoms with Gasteiger partial charge in [0.25, 0.3) is 0 Å². The van der Waals surface area contributed by atoms with E-state index in [4.69, 9.17) is 16.3 Å². The van der Waals surface area contributed by atoms with Gasteiger partial charge in [0.15, 0.2) is 0 Å². The van der Waals surface area contributed by atoms with E-state index in [-0.39, 0.29) is 12.0 Å². The maximum absolute atomic E-state index is 11.6. The molecule has 26 heavy (non-hydrogen) atoms. The molecule has 3 unspecified atom stereocenters. The Morgan fingerprint density at radius 1 is 1.23 bits per heavy atom. The first-order valence-corrected chi connectivity index (χ1v) is 9.36. The smallest absolute Gasteiger partial charge is 0.306 e. The average Bonchev–Trinajstić information content (AvgIpc) is 2.96. The van der Waals surface area contributed by atoms with E-state index in [0.717, 1.165) is 30.2 Å². The average molecular weight is 372 g/mol. The van der Waals surface area contributed by atoms with Crippen LogP contribution in [-0.4, -0.2) is 24.2 Å². The summed E-state index contributed by atoms with van der Waals surface area (Å²) in [4.78, 5) is 13.9.